The predicted molar refractivity (Wildman–Crippen MR) is 64.6 cm³/mol. The molecule has 0 aliphatic heterocycles. The molecule has 2 rings (SSSR count). The van der Waals surface area contributed by atoms with E-state index in [1.807, 2.05) is 59.0 Å². The van der Waals surface area contributed by atoms with Crippen LogP contribution >= 0.6 is 22.6 Å². The molecule has 2 heteroatoms. The summed E-state index contributed by atoms with van der Waals surface area (Å²) in [6.45, 7) is 0. The number of hydrogen-bond acceptors (Lipinski definition) is 0. The molecule has 0 nitrogen and oxygen atoms in total. The molecule has 0 radical (unpaired) electrons. The van der Waals surface area contributed by atoms with Gasteiger partial charge in [0.15, 0.2) is 0 Å². The van der Waals surface area contributed by atoms with Gasteiger partial charge in [0.1, 0.15) is 5.82 Å². The molecule has 0 unspecified atom stereocenters. The molecule has 2 aromatic carbocycles. The maximum absolute atomic E-state index is 13.3. The van der Waals surface area contributed by atoms with Crippen molar-refractivity contribution in [3.63, 3.8) is 0 Å². The Morgan fingerprint density at radius 3 is 2.29 bits per heavy atom. The predicted octanol–water partition coefficient (Wildman–Crippen LogP) is 4.10. The van der Waals surface area contributed by atoms with Gasteiger partial charge in [-0.2, -0.15) is 0 Å². The van der Waals surface area contributed by atoms with Crippen molar-refractivity contribution in [2.24, 2.45) is 0 Å². The number of benzene rings is 2. The number of rotatable bonds is 1. The van der Waals surface area contributed by atoms with Crippen molar-refractivity contribution in [2.45, 2.75) is 0 Å². The number of hydrogen-bond donors (Lipinski definition) is 0. The van der Waals surface area contributed by atoms with Crippen molar-refractivity contribution in [1.82, 2.24) is 0 Å². The second kappa shape index (κ2) is 4.09. The van der Waals surface area contributed by atoms with Gasteiger partial charge in [0.25, 0.3) is 0 Å². The Balaban J connectivity index is 2.58. The molecule has 0 N–H and O–H groups in total. The average molecular weight is 298 g/mol. The van der Waals surface area contributed by atoms with E-state index in [2.05, 4.69) is 0 Å². The van der Waals surface area contributed by atoms with E-state index in [1.165, 1.54) is 6.07 Å². The van der Waals surface area contributed by atoms with E-state index >= 15 is 0 Å². The zero-order chi connectivity index (χ0) is 9.97. The quantitative estimate of drug-likeness (QED) is 0.695. The molecule has 0 aliphatic rings. The Hall–Kier alpha value is -0.900. The van der Waals surface area contributed by atoms with Gasteiger partial charge in [-0.3, -0.25) is 0 Å². The Morgan fingerprint density at radius 1 is 0.857 bits per heavy atom. The highest BCUT2D eigenvalue weighted by Crippen LogP contribution is 2.26. The number of halogens is 2. The highest BCUT2D eigenvalue weighted by Gasteiger charge is 2.05. The molecule has 70 valence electrons. The SMILES string of the molecule is Fc1cccc(-c2ccccc2)c1I. The van der Waals surface area contributed by atoms with Gasteiger partial charge < -0.3 is 0 Å². The van der Waals surface area contributed by atoms with Gasteiger partial charge in [-0.1, -0.05) is 42.5 Å². The highest BCUT2D eigenvalue weighted by atomic mass is 127. The smallest absolute Gasteiger partial charge is 0.137 e. The van der Waals surface area contributed by atoms with E-state index in [0.29, 0.717) is 3.57 Å². The molecule has 0 heterocycles. The van der Waals surface area contributed by atoms with E-state index in [4.69, 9.17) is 0 Å². The first-order valence-electron chi connectivity index (χ1n) is 4.28. The summed E-state index contributed by atoms with van der Waals surface area (Å²) in [7, 11) is 0. The van der Waals surface area contributed by atoms with Gasteiger partial charge >= 0.3 is 0 Å². The second-order valence-electron chi connectivity index (χ2n) is 2.97. The monoisotopic (exact) mass is 298 g/mol. The van der Waals surface area contributed by atoms with Crippen molar-refractivity contribution >= 4 is 22.6 Å². The highest BCUT2D eigenvalue weighted by molar-refractivity contribution is 14.1. The van der Waals surface area contributed by atoms with Gasteiger partial charge in [0.05, 0.1) is 3.57 Å². The van der Waals surface area contributed by atoms with Gasteiger partial charge in [-0.25, -0.2) is 4.39 Å². The normalized spacial score (nSPS) is 10.1. The lowest BCUT2D eigenvalue weighted by atomic mass is 10.1. The third-order valence-electron chi connectivity index (χ3n) is 2.04. The molecule has 0 bridgehead atoms. The van der Waals surface area contributed by atoms with Gasteiger partial charge in [0.2, 0.25) is 0 Å². The van der Waals surface area contributed by atoms with E-state index in [9.17, 15) is 4.39 Å². The van der Waals surface area contributed by atoms with E-state index in [0.717, 1.165) is 11.1 Å². The Labute approximate surface area is 95.9 Å². The lowest BCUT2D eigenvalue weighted by molar-refractivity contribution is 0.621. The first-order valence-corrected chi connectivity index (χ1v) is 5.36. The van der Waals surface area contributed by atoms with Crippen LogP contribution in [0.25, 0.3) is 11.1 Å². The van der Waals surface area contributed by atoms with Crippen LogP contribution in [-0.4, -0.2) is 0 Å². The molecule has 14 heavy (non-hydrogen) atoms. The Bertz CT molecular complexity index is 437. The zero-order valence-electron chi connectivity index (χ0n) is 7.37. The standard InChI is InChI=1S/C12H8FI/c13-11-8-4-7-10(12(11)14)9-5-2-1-3-6-9/h1-8H. The third-order valence-corrected chi connectivity index (χ3v) is 3.13. The van der Waals surface area contributed by atoms with Crippen LogP contribution in [0.3, 0.4) is 0 Å². The molecule has 0 fully saturated rings. The Morgan fingerprint density at radius 2 is 1.57 bits per heavy atom. The fraction of sp³-hybridized carbons (Fsp3) is 0. The van der Waals surface area contributed by atoms with Crippen molar-refractivity contribution in [3.8, 4) is 11.1 Å². The van der Waals surface area contributed by atoms with Crippen molar-refractivity contribution in [3.05, 3.63) is 57.9 Å². The van der Waals surface area contributed by atoms with Crippen molar-refractivity contribution in [1.29, 1.82) is 0 Å². The van der Waals surface area contributed by atoms with Crippen molar-refractivity contribution in [2.75, 3.05) is 0 Å². The van der Waals surface area contributed by atoms with Crippen LogP contribution in [0.1, 0.15) is 0 Å². The van der Waals surface area contributed by atoms with Crippen LogP contribution in [-0.2, 0) is 0 Å². The minimum atomic E-state index is -0.160. The molecule has 0 aliphatic carbocycles. The first-order chi connectivity index (χ1) is 6.79. The molecule has 0 amide bonds. The Kier molecular flexibility index (Phi) is 2.82. The van der Waals surface area contributed by atoms with E-state index in [-0.39, 0.29) is 5.82 Å². The summed E-state index contributed by atoms with van der Waals surface area (Å²) in [5.74, 6) is -0.160. The molecule has 0 atom stereocenters. The summed E-state index contributed by atoms with van der Waals surface area (Å²) < 4.78 is 13.9. The topological polar surface area (TPSA) is 0 Å². The van der Waals surface area contributed by atoms with Crippen LogP contribution in [0.15, 0.2) is 48.5 Å². The fourth-order valence-electron chi connectivity index (χ4n) is 1.34. The maximum atomic E-state index is 13.3. The molecule has 0 saturated heterocycles. The summed E-state index contributed by atoms with van der Waals surface area (Å²) in [5, 5.41) is 0. The van der Waals surface area contributed by atoms with Crippen LogP contribution in [0.2, 0.25) is 0 Å². The first kappa shape index (κ1) is 9.65. The largest absolute Gasteiger partial charge is 0.206 e. The summed E-state index contributed by atoms with van der Waals surface area (Å²) in [6.07, 6.45) is 0. The average Bonchev–Trinajstić information content (AvgIpc) is 2.23. The minimum absolute atomic E-state index is 0.160. The molecule has 0 spiro atoms. The minimum Gasteiger partial charge on any atom is -0.206 e. The van der Waals surface area contributed by atoms with Crippen molar-refractivity contribution < 1.29 is 4.39 Å². The molecule has 0 saturated carbocycles. The third kappa shape index (κ3) is 1.80. The molecule has 0 aromatic heterocycles. The molecule has 2 aromatic rings. The summed E-state index contributed by atoms with van der Waals surface area (Å²) in [5.41, 5.74) is 2.00. The van der Waals surface area contributed by atoms with E-state index < -0.39 is 0 Å². The van der Waals surface area contributed by atoms with Crippen LogP contribution in [0.4, 0.5) is 4.39 Å². The van der Waals surface area contributed by atoms with Crippen LogP contribution < -0.4 is 0 Å². The summed E-state index contributed by atoms with van der Waals surface area (Å²) in [6, 6.07) is 15.0. The van der Waals surface area contributed by atoms with Gasteiger partial charge in [-0.05, 0) is 39.8 Å². The summed E-state index contributed by atoms with van der Waals surface area (Å²) >= 11 is 2.03. The van der Waals surface area contributed by atoms with Gasteiger partial charge in [-0.15, -0.1) is 0 Å². The molecular weight excluding hydrogens is 290 g/mol. The lowest BCUT2D eigenvalue weighted by Gasteiger charge is -2.04. The van der Waals surface area contributed by atoms with E-state index in [1.54, 1.807) is 6.07 Å². The molecular formula is C12H8FI. The second-order valence-corrected chi connectivity index (χ2v) is 4.05. The maximum Gasteiger partial charge on any atom is 0.137 e. The van der Waals surface area contributed by atoms with Crippen LogP contribution in [0.5, 0.6) is 0 Å². The lowest BCUT2D eigenvalue weighted by Crippen LogP contribution is -1.86. The van der Waals surface area contributed by atoms with Crippen LogP contribution in [0, 0.1) is 9.39 Å². The fourth-order valence-corrected chi connectivity index (χ4v) is 2.02. The summed E-state index contributed by atoms with van der Waals surface area (Å²) in [4.78, 5) is 0. The van der Waals surface area contributed by atoms with Gasteiger partial charge in [0, 0.05) is 0 Å². The zero-order valence-corrected chi connectivity index (χ0v) is 9.53.